The molecule has 2 amide bonds. The second-order valence-corrected chi connectivity index (χ2v) is 7.11. The number of rotatable bonds is 4. The third kappa shape index (κ3) is 2.92. The predicted octanol–water partition coefficient (Wildman–Crippen LogP) is 1.44. The van der Waals surface area contributed by atoms with E-state index in [0.29, 0.717) is 37.0 Å². The van der Waals surface area contributed by atoms with Crippen LogP contribution in [0.4, 0.5) is 0 Å². The molecule has 130 valence electrons. The van der Waals surface area contributed by atoms with Crippen molar-refractivity contribution >= 4 is 11.8 Å². The minimum absolute atomic E-state index is 0.0218. The molecule has 2 saturated heterocycles. The van der Waals surface area contributed by atoms with Crippen LogP contribution in [-0.4, -0.2) is 47.0 Å². The molecule has 4 rings (SSSR count). The molecule has 1 aromatic rings. The molecule has 0 radical (unpaired) electrons. The van der Waals surface area contributed by atoms with Gasteiger partial charge in [-0.15, -0.1) is 0 Å². The van der Waals surface area contributed by atoms with E-state index in [4.69, 9.17) is 14.9 Å². The first-order chi connectivity index (χ1) is 11.6. The van der Waals surface area contributed by atoms with Gasteiger partial charge in [-0.25, -0.2) is 4.98 Å². The Hall–Kier alpha value is -1.89. The molecular formula is C17H23N3O4. The van der Waals surface area contributed by atoms with Crippen molar-refractivity contribution in [3.05, 3.63) is 17.8 Å². The molecular weight excluding hydrogens is 310 g/mol. The van der Waals surface area contributed by atoms with Gasteiger partial charge in [-0.2, -0.15) is 0 Å². The summed E-state index contributed by atoms with van der Waals surface area (Å²) in [6.07, 6.45) is 6.56. The average molecular weight is 333 g/mol. The van der Waals surface area contributed by atoms with Crippen molar-refractivity contribution in [1.29, 1.82) is 0 Å². The van der Waals surface area contributed by atoms with E-state index in [1.54, 1.807) is 0 Å². The van der Waals surface area contributed by atoms with Gasteiger partial charge in [-0.05, 0) is 44.4 Å². The van der Waals surface area contributed by atoms with Crippen LogP contribution >= 0.6 is 0 Å². The molecule has 1 saturated carbocycles. The Morgan fingerprint density at radius 1 is 1.12 bits per heavy atom. The smallest absolute Gasteiger partial charge is 0.276 e. The lowest BCUT2D eigenvalue weighted by atomic mass is 9.89. The number of nitrogens with two attached hydrogens (primary N) is 1. The molecule has 0 bridgehead atoms. The first kappa shape index (κ1) is 15.6. The van der Waals surface area contributed by atoms with Crippen molar-refractivity contribution in [2.24, 2.45) is 11.7 Å². The Labute approximate surface area is 140 Å². The van der Waals surface area contributed by atoms with Crippen LogP contribution in [0.25, 0.3) is 0 Å². The minimum atomic E-state index is -0.439. The highest BCUT2D eigenvalue weighted by atomic mass is 16.5. The van der Waals surface area contributed by atoms with Gasteiger partial charge in [0.05, 0.1) is 6.10 Å². The maximum atomic E-state index is 12.7. The van der Waals surface area contributed by atoms with E-state index in [-0.39, 0.29) is 17.9 Å². The number of hydrogen-bond acceptors (Lipinski definition) is 5. The molecule has 0 spiro atoms. The van der Waals surface area contributed by atoms with Crippen LogP contribution in [0.1, 0.15) is 60.7 Å². The summed E-state index contributed by atoms with van der Waals surface area (Å²) >= 11 is 0. The van der Waals surface area contributed by atoms with Crippen LogP contribution in [0.2, 0.25) is 0 Å². The van der Waals surface area contributed by atoms with Crippen molar-refractivity contribution < 1.29 is 18.7 Å². The molecule has 3 heterocycles. The second-order valence-electron chi connectivity index (χ2n) is 7.11. The number of amides is 2. The lowest BCUT2D eigenvalue weighted by Crippen LogP contribution is -2.42. The summed E-state index contributed by atoms with van der Waals surface area (Å²) in [4.78, 5) is 29.9. The van der Waals surface area contributed by atoms with Crippen molar-refractivity contribution in [2.75, 3.05) is 13.1 Å². The van der Waals surface area contributed by atoms with Gasteiger partial charge in [0.2, 0.25) is 5.91 Å². The van der Waals surface area contributed by atoms with Gasteiger partial charge in [0.1, 0.15) is 11.9 Å². The molecule has 3 aliphatic rings. The van der Waals surface area contributed by atoms with E-state index in [1.807, 2.05) is 4.90 Å². The van der Waals surface area contributed by atoms with E-state index in [9.17, 15) is 9.59 Å². The van der Waals surface area contributed by atoms with Gasteiger partial charge in [-0.1, -0.05) is 0 Å². The Kier molecular flexibility index (Phi) is 4.04. The summed E-state index contributed by atoms with van der Waals surface area (Å²) < 4.78 is 11.2. The largest absolute Gasteiger partial charge is 0.447 e. The van der Waals surface area contributed by atoms with Crippen LogP contribution in [0.5, 0.6) is 0 Å². The Morgan fingerprint density at radius 3 is 2.50 bits per heavy atom. The Bertz CT molecular complexity index is 632. The summed E-state index contributed by atoms with van der Waals surface area (Å²) in [6, 6.07) is 0. The van der Waals surface area contributed by atoms with Gasteiger partial charge >= 0.3 is 0 Å². The molecule has 2 atom stereocenters. The second kappa shape index (κ2) is 6.20. The number of ether oxygens (including phenoxy) is 1. The third-order valence-corrected chi connectivity index (χ3v) is 5.47. The third-order valence-electron chi connectivity index (χ3n) is 5.47. The maximum Gasteiger partial charge on any atom is 0.276 e. The molecule has 3 fully saturated rings. The summed E-state index contributed by atoms with van der Waals surface area (Å²) in [7, 11) is 0. The van der Waals surface area contributed by atoms with Crippen molar-refractivity contribution in [3.63, 3.8) is 0 Å². The van der Waals surface area contributed by atoms with Crippen LogP contribution in [-0.2, 0) is 9.53 Å². The number of piperidine rings is 1. The molecule has 2 aliphatic heterocycles. The SMILES string of the molecule is NC(=O)[C@H]1CC[C@@H](C2CCN(C(=O)c3ncoc3C3CC3)CC2)O1. The number of carbonyl (C=O) groups is 2. The first-order valence-corrected chi connectivity index (χ1v) is 8.81. The number of primary amides is 1. The summed E-state index contributed by atoms with van der Waals surface area (Å²) in [6.45, 7) is 1.39. The minimum Gasteiger partial charge on any atom is -0.447 e. The van der Waals surface area contributed by atoms with E-state index >= 15 is 0 Å². The fraction of sp³-hybridized carbons (Fsp3) is 0.706. The van der Waals surface area contributed by atoms with Gasteiger partial charge in [0, 0.05) is 19.0 Å². The van der Waals surface area contributed by atoms with Crippen LogP contribution in [0.15, 0.2) is 10.8 Å². The summed E-state index contributed by atoms with van der Waals surface area (Å²) in [5, 5.41) is 0. The zero-order valence-corrected chi connectivity index (χ0v) is 13.6. The van der Waals surface area contributed by atoms with Crippen molar-refractivity contribution in [1.82, 2.24) is 9.88 Å². The zero-order valence-electron chi connectivity index (χ0n) is 13.6. The van der Waals surface area contributed by atoms with Crippen molar-refractivity contribution in [2.45, 2.75) is 56.7 Å². The highest BCUT2D eigenvalue weighted by Crippen LogP contribution is 2.42. The topological polar surface area (TPSA) is 98.7 Å². The molecule has 0 unspecified atom stereocenters. The quantitative estimate of drug-likeness (QED) is 0.899. The molecule has 24 heavy (non-hydrogen) atoms. The molecule has 0 aromatic carbocycles. The standard InChI is InChI=1S/C17H23N3O4/c18-16(21)13-4-3-12(24-13)10-5-7-20(8-6-10)17(22)14-15(11-1-2-11)23-9-19-14/h9-13H,1-8H2,(H2,18,21)/t12-,13+/m0/s1. The van der Waals surface area contributed by atoms with Gasteiger partial charge in [-0.3, -0.25) is 9.59 Å². The van der Waals surface area contributed by atoms with Crippen LogP contribution < -0.4 is 5.73 Å². The Morgan fingerprint density at radius 2 is 1.88 bits per heavy atom. The van der Waals surface area contributed by atoms with Gasteiger partial charge in [0.15, 0.2) is 12.1 Å². The highest BCUT2D eigenvalue weighted by Gasteiger charge is 2.38. The number of likely N-dealkylation sites (tertiary alicyclic amines) is 1. The molecule has 7 heteroatoms. The van der Waals surface area contributed by atoms with E-state index < -0.39 is 6.10 Å². The number of aromatic nitrogens is 1. The molecule has 2 N–H and O–H groups in total. The number of carbonyl (C=O) groups excluding carboxylic acids is 2. The monoisotopic (exact) mass is 333 g/mol. The highest BCUT2D eigenvalue weighted by molar-refractivity contribution is 5.93. The summed E-state index contributed by atoms with van der Waals surface area (Å²) in [5.74, 6) is 1.13. The first-order valence-electron chi connectivity index (χ1n) is 8.81. The van der Waals surface area contributed by atoms with Gasteiger partial charge < -0.3 is 19.8 Å². The number of oxazole rings is 1. The summed E-state index contributed by atoms with van der Waals surface area (Å²) in [5.41, 5.74) is 5.80. The van der Waals surface area contributed by atoms with Crippen molar-refractivity contribution in [3.8, 4) is 0 Å². The number of hydrogen-bond donors (Lipinski definition) is 1. The maximum absolute atomic E-state index is 12.7. The molecule has 1 aliphatic carbocycles. The van der Waals surface area contributed by atoms with Crippen LogP contribution in [0, 0.1) is 5.92 Å². The van der Waals surface area contributed by atoms with Crippen LogP contribution in [0.3, 0.4) is 0 Å². The lowest BCUT2D eigenvalue weighted by molar-refractivity contribution is -0.130. The fourth-order valence-electron chi connectivity index (χ4n) is 3.89. The predicted molar refractivity (Wildman–Crippen MR) is 84.2 cm³/mol. The van der Waals surface area contributed by atoms with E-state index in [0.717, 1.165) is 37.9 Å². The van der Waals surface area contributed by atoms with E-state index in [2.05, 4.69) is 4.98 Å². The zero-order chi connectivity index (χ0) is 16.7. The molecule has 7 nitrogen and oxygen atoms in total. The van der Waals surface area contributed by atoms with E-state index in [1.165, 1.54) is 6.39 Å². The lowest BCUT2D eigenvalue weighted by Gasteiger charge is -2.34. The number of nitrogens with zero attached hydrogens (tertiary/aromatic N) is 2. The average Bonchev–Trinajstić information content (AvgIpc) is 3.13. The molecule has 1 aromatic heterocycles. The van der Waals surface area contributed by atoms with Gasteiger partial charge in [0.25, 0.3) is 5.91 Å². The fourth-order valence-corrected chi connectivity index (χ4v) is 3.89. The normalized spacial score (nSPS) is 28.2. The Balaban J connectivity index is 1.34.